The van der Waals surface area contributed by atoms with Gasteiger partial charge in [0, 0.05) is 24.7 Å². The normalized spacial score (nSPS) is 18.5. The molecule has 2 aromatic rings. The molecule has 5 nitrogen and oxygen atoms in total. The van der Waals surface area contributed by atoms with Crippen molar-refractivity contribution >= 4 is 21.6 Å². The highest BCUT2D eigenvalue weighted by Gasteiger charge is 2.21. The molecule has 1 N–H and O–H groups in total. The van der Waals surface area contributed by atoms with Gasteiger partial charge in [0.25, 0.3) is 0 Å². The highest BCUT2D eigenvalue weighted by atomic mass is 35.5. The number of nitrogens with one attached hydrogen (secondary N) is 1. The molecule has 7 heteroatoms. The maximum Gasteiger partial charge on any atom is 0.240 e. The zero-order chi connectivity index (χ0) is 19.1. The smallest absolute Gasteiger partial charge is 0.240 e. The molecule has 1 unspecified atom stereocenters. The second-order valence-electron chi connectivity index (χ2n) is 6.63. The Morgan fingerprint density at radius 1 is 1.11 bits per heavy atom. The Hall–Kier alpha value is -1.44. The Kier molecular flexibility index (Phi) is 7.26. The van der Waals surface area contributed by atoms with Crippen LogP contribution in [0.15, 0.2) is 59.5 Å². The molecule has 0 spiro atoms. The molecule has 146 valence electrons. The molecule has 1 fully saturated rings. The van der Waals surface area contributed by atoms with E-state index in [-0.39, 0.29) is 11.0 Å². The standard InChI is InChI=1S/C20H25ClN2O3S/c21-18-9-6-10-19(15-18)27(24,25)22-11-4-5-12-23-13-14-26-20(16-23)17-7-2-1-3-8-17/h1-3,6-10,15,20,22H,4-5,11-14,16H2. The van der Waals surface area contributed by atoms with Gasteiger partial charge in [-0.3, -0.25) is 4.90 Å². The van der Waals surface area contributed by atoms with Crippen LogP contribution in [0.25, 0.3) is 0 Å². The summed E-state index contributed by atoms with van der Waals surface area (Å²) in [5.41, 5.74) is 1.21. The van der Waals surface area contributed by atoms with E-state index in [1.165, 1.54) is 11.6 Å². The van der Waals surface area contributed by atoms with Crippen molar-refractivity contribution in [3.63, 3.8) is 0 Å². The summed E-state index contributed by atoms with van der Waals surface area (Å²) < 4.78 is 33.0. The third-order valence-corrected chi connectivity index (χ3v) is 6.32. The molecule has 0 saturated carbocycles. The number of morpholine rings is 1. The van der Waals surface area contributed by atoms with Gasteiger partial charge in [-0.2, -0.15) is 0 Å². The minimum absolute atomic E-state index is 0.112. The summed E-state index contributed by atoms with van der Waals surface area (Å²) in [6.07, 6.45) is 1.83. The molecule has 1 heterocycles. The molecule has 0 amide bonds. The zero-order valence-corrected chi connectivity index (χ0v) is 16.8. The van der Waals surface area contributed by atoms with Crippen molar-refractivity contribution < 1.29 is 13.2 Å². The van der Waals surface area contributed by atoms with Crippen LogP contribution in [0.3, 0.4) is 0 Å². The number of halogens is 1. The Bertz CT molecular complexity index is 830. The summed E-state index contributed by atoms with van der Waals surface area (Å²) in [6, 6.07) is 16.6. The van der Waals surface area contributed by atoms with E-state index in [0.29, 0.717) is 11.6 Å². The summed E-state index contributed by atoms with van der Waals surface area (Å²) in [4.78, 5) is 2.58. The van der Waals surface area contributed by atoms with E-state index in [1.807, 2.05) is 18.2 Å². The van der Waals surface area contributed by atoms with Crippen molar-refractivity contribution in [2.45, 2.75) is 23.8 Å². The van der Waals surface area contributed by atoms with Gasteiger partial charge in [0.05, 0.1) is 17.6 Å². The lowest BCUT2D eigenvalue weighted by molar-refractivity contribution is -0.0303. The minimum Gasteiger partial charge on any atom is -0.371 e. The van der Waals surface area contributed by atoms with Crippen LogP contribution in [0.4, 0.5) is 0 Å². The molecule has 1 saturated heterocycles. The number of unbranched alkanes of at least 4 members (excludes halogenated alkanes) is 1. The van der Waals surface area contributed by atoms with Gasteiger partial charge in [-0.05, 0) is 43.1 Å². The largest absolute Gasteiger partial charge is 0.371 e. The number of benzene rings is 2. The monoisotopic (exact) mass is 408 g/mol. The number of nitrogens with zero attached hydrogens (tertiary/aromatic N) is 1. The van der Waals surface area contributed by atoms with Crippen LogP contribution in [-0.4, -0.2) is 46.1 Å². The number of rotatable bonds is 8. The predicted octanol–water partition coefficient (Wildman–Crippen LogP) is 3.47. The molecule has 2 aromatic carbocycles. The van der Waals surface area contributed by atoms with E-state index in [1.54, 1.807) is 18.2 Å². The average Bonchev–Trinajstić information content (AvgIpc) is 2.68. The number of hydrogen-bond donors (Lipinski definition) is 1. The van der Waals surface area contributed by atoms with E-state index < -0.39 is 10.0 Å². The maximum absolute atomic E-state index is 12.3. The Labute approximate surface area is 166 Å². The molecule has 27 heavy (non-hydrogen) atoms. The van der Waals surface area contributed by atoms with Crippen LogP contribution >= 0.6 is 11.6 Å². The molecule has 0 aliphatic carbocycles. The fourth-order valence-electron chi connectivity index (χ4n) is 3.16. The SMILES string of the molecule is O=S(=O)(NCCCCN1CCOC(c2ccccc2)C1)c1cccc(Cl)c1. The van der Waals surface area contributed by atoms with Crippen molar-refractivity contribution in [3.05, 3.63) is 65.2 Å². The zero-order valence-electron chi connectivity index (χ0n) is 15.2. The highest BCUT2D eigenvalue weighted by molar-refractivity contribution is 7.89. The lowest BCUT2D eigenvalue weighted by atomic mass is 10.1. The second kappa shape index (κ2) is 9.66. The van der Waals surface area contributed by atoms with Gasteiger partial charge in [-0.25, -0.2) is 13.1 Å². The fraction of sp³-hybridized carbons (Fsp3) is 0.400. The van der Waals surface area contributed by atoms with Gasteiger partial charge in [0.1, 0.15) is 0 Å². The lowest BCUT2D eigenvalue weighted by Crippen LogP contribution is -2.39. The van der Waals surface area contributed by atoms with Crippen LogP contribution in [0.1, 0.15) is 24.5 Å². The predicted molar refractivity (Wildman–Crippen MR) is 107 cm³/mol. The summed E-state index contributed by atoms with van der Waals surface area (Å²) in [6.45, 7) is 3.86. The average molecular weight is 409 g/mol. The molecule has 0 radical (unpaired) electrons. The van der Waals surface area contributed by atoms with Crippen molar-refractivity contribution in [2.75, 3.05) is 32.8 Å². The van der Waals surface area contributed by atoms with Gasteiger partial charge in [0.15, 0.2) is 0 Å². The number of hydrogen-bond acceptors (Lipinski definition) is 4. The number of ether oxygens (including phenoxy) is 1. The number of sulfonamides is 1. The third kappa shape index (κ3) is 6.02. The highest BCUT2D eigenvalue weighted by Crippen LogP contribution is 2.22. The molecule has 3 rings (SSSR count). The van der Waals surface area contributed by atoms with Crippen molar-refractivity contribution in [1.29, 1.82) is 0 Å². The van der Waals surface area contributed by atoms with E-state index in [2.05, 4.69) is 21.8 Å². The molecular formula is C20H25ClN2O3S. The fourth-order valence-corrected chi connectivity index (χ4v) is 4.53. The van der Waals surface area contributed by atoms with Crippen molar-refractivity contribution in [2.24, 2.45) is 0 Å². The first-order valence-corrected chi connectivity index (χ1v) is 11.0. The van der Waals surface area contributed by atoms with E-state index in [9.17, 15) is 8.42 Å². The van der Waals surface area contributed by atoms with Gasteiger partial charge in [0.2, 0.25) is 10.0 Å². The van der Waals surface area contributed by atoms with Crippen LogP contribution in [0.2, 0.25) is 5.02 Å². The van der Waals surface area contributed by atoms with Crippen LogP contribution in [-0.2, 0) is 14.8 Å². The van der Waals surface area contributed by atoms with Crippen LogP contribution in [0, 0.1) is 0 Å². The van der Waals surface area contributed by atoms with Crippen molar-refractivity contribution in [3.8, 4) is 0 Å². The lowest BCUT2D eigenvalue weighted by Gasteiger charge is -2.33. The van der Waals surface area contributed by atoms with Gasteiger partial charge < -0.3 is 4.74 Å². The van der Waals surface area contributed by atoms with Crippen LogP contribution < -0.4 is 4.72 Å². The Morgan fingerprint density at radius 3 is 2.70 bits per heavy atom. The molecule has 0 aromatic heterocycles. The molecule has 1 aliphatic heterocycles. The van der Waals surface area contributed by atoms with Crippen LogP contribution in [0.5, 0.6) is 0 Å². The minimum atomic E-state index is -3.50. The van der Waals surface area contributed by atoms with E-state index >= 15 is 0 Å². The maximum atomic E-state index is 12.3. The van der Waals surface area contributed by atoms with E-state index in [0.717, 1.165) is 39.1 Å². The summed E-state index contributed by atoms with van der Waals surface area (Å²) in [5.74, 6) is 0. The summed E-state index contributed by atoms with van der Waals surface area (Å²) in [7, 11) is -3.50. The van der Waals surface area contributed by atoms with Gasteiger partial charge in [-0.15, -0.1) is 0 Å². The third-order valence-electron chi connectivity index (χ3n) is 4.62. The quantitative estimate of drug-likeness (QED) is 0.679. The first-order valence-electron chi connectivity index (χ1n) is 9.19. The van der Waals surface area contributed by atoms with Gasteiger partial charge in [-0.1, -0.05) is 48.0 Å². The second-order valence-corrected chi connectivity index (χ2v) is 8.84. The first kappa shape index (κ1) is 20.3. The summed E-state index contributed by atoms with van der Waals surface area (Å²) in [5, 5.41) is 0.415. The molecule has 1 atom stereocenters. The molecule has 0 bridgehead atoms. The van der Waals surface area contributed by atoms with Gasteiger partial charge >= 0.3 is 0 Å². The molecular weight excluding hydrogens is 384 g/mol. The topological polar surface area (TPSA) is 58.6 Å². The summed E-state index contributed by atoms with van der Waals surface area (Å²) >= 11 is 5.87. The first-order chi connectivity index (χ1) is 13.0. The van der Waals surface area contributed by atoms with Crippen molar-refractivity contribution in [1.82, 2.24) is 9.62 Å². The van der Waals surface area contributed by atoms with E-state index in [4.69, 9.17) is 16.3 Å². The molecule has 1 aliphatic rings. The Morgan fingerprint density at radius 2 is 1.93 bits per heavy atom. The Balaban J connectivity index is 1.40.